The van der Waals surface area contributed by atoms with Gasteiger partial charge >= 0.3 is 0 Å². The number of rotatable bonds is 3. The summed E-state index contributed by atoms with van der Waals surface area (Å²) in [6.07, 6.45) is 1.10. The number of fused-ring (bicyclic) bond motifs is 1. The fraction of sp³-hybridized carbons (Fsp3) is 0.278. The molecule has 1 aliphatic rings. The van der Waals surface area contributed by atoms with Gasteiger partial charge in [0.1, 0.15) is 11.6 Å². The summed E-state index contributed by atoms with van der Waals surface area (Å²) in [5.41, 5.74) is 2.63. The smallest absolute Gasteiger partial charge is 0.229 e. The van der Waals surface area contributed by atoms with E-state index in [4.69, 9.17) is 4.74 Å². The molecule has 2 aromatic rings. The Morgan fingerprint density at radius 2 is 1.80 bits per heavy atom. The number of aryl methyl sites for hydroxylation is 1. The van der Waals surface area contributed by atoms with Crippen molar-refractivity contribution in [3.63, 3.8) is 0 Å². The van der Waals surface area contributed by atoms with Crippen LogP contribution in [0.15, 0.2) is 41.4 Å². The minimum absolute atomic E-state index is 0.319. The van der Waals surface area contributed by atoms with E-state index in [2.05, 4.69) is 9.71 Å². The standard InChI is InChI=1S/C18H19FN2O3S/c1-11-9-14(21-25(4,22)23)10-15-16(11)17(20-18(2,3)24-15)12-5-7-13(19)8-6-12/h5-10,21H,1-4H3. The summed E-state index contributed by atoms with van der Waals surface area (Å²) in [7, 11) is -3.40. The van der Waals surface area contributed by atoms with Crippen LogP contribution in [0.2, 0.25) is 0 Å². The molecule has 0 saturated carbocycles. The van der Waals surface area contributed by atoms with E-state index in [1.807, 2.05) is 20.8 Å². The Balaban J connectivity index is 2.17. The quantitative estimate of drug-likeness (QED) is 0.909. The number of hydrogen-bond donors (Lipinski definition) is 1. The largest absolute Gasteiger partial charge is 0.466 e. The molecule has 132 valence electrons. The molecule has 0 amide bonds. The van der Waals surface area contributed by atoms with Crippen molar-refractivity contribution in [2.45, 2.75) is 26.5 Å². The monoisotopic (exact) mass is 362 g/mol. The fourth-order valence-corrected chi connectivity index (χ4v) is 3.39. The van der Waals surface area contributed by atoms with Crippen LogP contribution in [0.4, 0.5) is 10.1 Å². The molecule has 0 saturated heterocycles. The minimum atomic E-state index is -3.40. The highest BCUT2D eigenvalue weighted by Crippen LogP contribution is 2.37. The summed E-state index contributed by atoms with van der Waals surface area (Å²) in [6.45, 7) is 5.48. The van der Waals surface area contributed by atoms with Crippen molar-refractivity contribution >= 4 is 21.4 Å². The summed E-state index contributed by atoms with van der Waals surface area (Å²) < 4.78 is 44.7. The molecule has 0 radical (unpaired) electrons. The van der Waals surface area contributed by atoms with Crippen molar-refractivity contribution in [2.24, 2.45) is 4.99 Å². The number of nitrogens with one attached hydrogen (secondary N) is 1. The summed E-state index contributed by atoms with van der Waals surface area (Å²) in [5, 5.41) is 0. The van der Waals surface area contributed by atoms with Gasteiger partial charge in [0.15, 0.2) is 5.72 Å². The third-order valence-electron chi connectivity index (χ3n) is 3.70. The van der Waals surface area contributed by atoms with E-state index in [1.165, 1.54) is 12.1 Å². The normalized spacial score (nSPS) is 15.8. The molecule has 0 aromatic heterocycles. The maximum absolute atomic E-state index is 13.3. The van der Waals surface area contributed by atoms with Gasteiger partial charge in [-0.25, -0.2) is 17.8 Å². The van der Waals surface area contributed by atoms with Gasteiger partial charge in [-0.1, -0.05) is 0 Å². The van der Waals surface area contributed by atoms with Crippen molar-refractivity contribution in [3.8, 4) is 5.75 Å². The van der Waals surface area contributed by atoms with E-state index < -0.39 is 15.7 Å². The third-order valence-corrected chi connectivity index (χ3v) is 4.30. The van der Waals surface area contributed by atoms with Gasteiger partial charge in [0.05, 0.1) is 17.7 Å². The number of halogens is 1. The van der Waals surface area contributed by atoms with Crippen molar-refractivity contribution < 1.29 is 17.5 Å². The highest BCUT2D eigenvalue weighted by atomic mass is 32.2. The maximum atomic E-state index is 13.3. The molecule has 0 bridgehead atoms. The lowest BCUT2D eigenvalue weighted by Crippen LogP contribution is -2.33. The van der Waals surface area contributed by atoms with Crippen molar-refractivity contribution in [1.29, 1.82) is 0 Å². The van der Waals surface area contributed by atoms with Gasteiger partial charge in [-0.15, -0.1) is 0 Å². The van der Waals surface area contributed by atoms with Gasteiger partial charge in [0.25, 0.3) is 0 Å². The second-order valence-corrected chi connectivity index (χ2v) is 8.31. The molecule has 0 aliphatic carbocycles. The van der Waals surface area contributed by atoms with Gasteiger partial charge in [-0.05, 0) is 56.7 Å². The molecule has 5 nitrogen and oxygen atoms in total. The number of nitrogens with zero attached hydrogens (tertiary/aromatic N) is 1. The SMILES string of the molecule is Cc1cc(NS(C)(=O)=O)cc2c1C(c1ccc(F)cc1)=NC(C)(C)O2. The molecular formula is C18H19FN2O3S. The molecule has 7 heteroatoms. The Hall–Kier alpha value is -2.41. The van der Waals surface area contributed by atoms with Crippen LogP contribution in [0.3, 0.4) is 0 Å². The van der Waals surface area contributed by atoms with Crippen LogP contribution in [0, 0.1) is 12.7 Å². The summed E-state index contributed by atoms with van der Waals surface area (Å²) >= 11 is 0. The molecule has 25 heavy (non-hydrogen) atoms. The van der Waals surface area contributed by atoms with E-state index in [0.717, 1.165) is 22.9 Å². The van der Waals surface area contributed by atoms with Crippen LogP contribution in [-0.2, 0) is 10.0 Å². The average molecular weight is 362 g/mol. The van der Waals surface area contributed by atoms with E-state index in [9.17, 15) is 12.8 Å². The number of hydrogen-bond acceptors (Lipinski definition) is 4. The number of aliphatic imine (C=N–C) groups is 1. The molecule has 0 spiro atoms. The maximum Gasteiger partial charge on any atom is 0.229 e. The second-order valence-electron chi connectivity index (χ2n) is 6.56. The lowest BCUT2D eigenvalue weighted by molar-refractivity contribution is 0.115. The van der Waals surface area contributed by atoms with Crippen LogP contribution < -0.4 is 9.46 Å². The highest BCUT2D eigenvalue weighted by molar-refractivity contribution is 7.92. The molecule has 0 unspecified atom stereocenters. The highest BCUT2D eigenvalue weighted by Gasteiger charge is 2.30. The first-order valence-corrected chi connectivity index (χ1v) is 9.61. The summed E-state index contributed by atoms with van der Waals surface area (Å²) in [4.78, 5) is 4.65. The van der Waals surface area contributed by atoms with Gasteiger partial charge in [-0.2, -0.15) is 0 Å². The van der Waals surface area contributed by atoms with E-state index in [-0.39, 0.29) is 5.82 Å². The van der Waals surface area contributed by atoms with Gasteiger partial charge in [0.2, 0.25) is 10.0 Å². The van der Waals surface area contributed by atoms with Crippen LogP contribution in [0.5, 0.6) is 5.75 Å². The number of benzene rings is 2. The third kappa shape index (κ3) is 3.82. The molecular weight excluding hydrogens is 343 g/mol. The first-order chi connectivity index (χ1) is 11.5. The zero-order valence-corrected chi connectivity index (χ0v) is 15.2. The van der Waals surface area contributed by atoms with Gasteiger partial charge in [-0.3, -0.25) is 4.72 Å². The Kier molecular flexibility index (Phi) is 4.07. The first kappa shape index (κ1) is 17.4. The molecule has 1 aliphatic heterocycles. The van der Waals surface area contributed by atoms with Crippen molar-refractivity contribution in [1.82, 2.24) is 0 Å². The molecule has 1 N–H and O–H groups in total. The Labute approximate surface area is 146 Å². The predicted octanol–water partition coefficient (Wildman–Crippen LogP) is 3.47. The van der Waals surface area contributed by atoms with E-state index >= 15 is 0 Å². The molecule has 2 aromatic carbocycles. The predicted molar refractivity (Wildman–Crippen MR) is 96.4 cm³/mol. The Morgan fingerprint density at radius 1 is 1.16 bits per heavy atom. The molecule has 1 heterocycles. The lowest BCUT2D eigenvalue weighted by atomic mass is 9.94. The first-order valence-electron chi connectivity index (χ1n) is 7.72. The number of ether oxygens (including phenoxy) is 1. The van der Waals surface area contributed by atoms with Crippen LogP contribution in [-0.4, -0.2) is 26.1 Å². The van der Waals surface area contributed by atoms with Crippen LogP contribution in [0.1, 0.15) is 30.5 Å². The van der Waals surface area contributed by atoms with Crippen molar-refractivity contribution in [2.75, 3.05) is 11.0 Å². The van der Waals surface area contributed by atoms with Crippen LogP contribution in [0.25, 0.3) is 0 Å². The lowest BCUT2D eigenvalue weighted by Gasteiger charge is -2.31. The summed E-state index contributed by atoms with van der Waals surface area (Å²) in [5.74, 6) is 0.214. The minimum Gasteiger partial charge on any atom is -0.466 e. The molecule has 3 rings (SSSR count). The Morgan fingerprint density at radius 3 is 2.40 bits per heavy atom. The molecule has 0 atom stereocenters. The number of anilines is 1. The van der Waals surface area contributed by atoms with Crippen LogP contribution >= 0.6 is 0 Å². The Bertz CT molecular complexity index is 965. The summed E-state index contributed by atoms with van der Waals surface area (Å²) in [6, 6.07) is 9.47. The topological polar surface area (TPSA) is 67.8 Å². The van der Waals surface area contributed by atoms with E-state index in [1.54, 1.807) is 24.3 Å². The zero-order valence-electron chi connectivity index (χ0n) is 14.4. The molecule has 0 fully saturated rings. The second kappa shape index (κ2) is 5.84. The van der Waals surface area contributed by atoms with Crippen molar-refractivity contribution in [3.05, 3.63) is 58.9 Å². The van der Waals surface area contributed by atoms with Gasteiger partial charge < -0.3 is 4.74 Å². The zero-order chi connectivity index (χ0) is 18.4. The van der Waals surface area contributed by atoms with Gasteiger partial charge in [0, 0.05) is 17.2 Å². The average Bonchev–Trinajstić information content (AvgIpc) is 2.43. The fourth-order valence-electron chi connectivity index (χ4n) is 2.85. The number of sulfonamides is 1. The van der Waals surface area contributed by atoms with E-state index in [0.29, 0.717) is 17.1 Å².